The molecular formula is C13H18Cl2FN3OS. The van der Waals surface area contributed by atoms with Gasteiger partial charge in [-0.1, -0.05) is 23.2 Å². The van der Waals surface area contributed by atoms with Gasteiger partial charge in [0.25, 0.3) is 10.3 Å². The van der Waals surface area contributed by atoms with Crippen molar-refractivity contribution in [2.45, 2.75) is 19.4 Å². The molecule has 21 heavy (non-hydrogen) atoms. The fourth-order valence-electron chi connectivity index (χ4n) is 2.21. The number of nitrogens with zero attached hydrogens (tertiary/aromatic N) is 3. The summed E-state index contributed by atoms with van der Waals surface area (Å²) in [6.45, 7) is 2.55. The maximum atomic E-state index is 14.5. The van der Waals surface area contributed by atoms with Gasteiger partial charge in [-0.2, -0.15) is 12.9 Å². The molecule has 1 fully saturated rings. The van der Waals surface area contributed by atoms with Crippen molar-refractivity contribution in [1.29, 1.82) is 0 Å². The van der Waals surface area contributed by atoms with Crippen LogP contribution in [-0.2, 0) is 10.3 Å². The first-order valence-electron chi connectivity index (χ1n) is 6.54. The van der Waals surface area contributed by atoms with Gasteiger partial charge >= 0.3 is 0 Å². The lowest BCUT2D eigenvalue weighted by Crippen LogP contribution is -2.32. The quantitative estimate of drug-likeness (QED) is 0.774. The van der Waals surface area contributed by atoms with E-state index in [1.807, 2.05) is 19.0 Å². The molecule has 0 radical (unpaired) electrons. The van der Waals surface area contributed by atoms with Gasteiger partial charge in [0.2, 0.25) is 0 Å². The second kappa shape index (κ2) is 6.38. The first kappa shape index (κ1) is 17.0. The van der Waals surface area contributed by atoms with Crippen molar-refractivity contribution in [2.24, 2.45) is 4.36 Å². The van der Waals surface area contributed by atoms with Crippen LogP contribution in [0.3, 0.4) is 0 Å². The Morgan fingerprint density at radius 3 is 2.43 bits per heavy atom. The van der Waals surface area contributed by atoms with E-state index in [1.54, 1.807) is 6.92 Å². The SMILES string of the molecule is Cc1c(Cl)cc(N=S(=O)(F)N2CC[C@@H](N(C)C)C2)cc1Cl. The number of hydrogen-bond acceptors (Lipinski definition) is 3. The van der Waals surface area contributed by atoms with Crippen molar-refractivity contribution in [1.82, 2.24) is 9.21 Å². The fourth-order valence-corrected chi connectivity index (χ4v) is 3.85. The second-order valence-corrected chi connectivity index (χ2v) is 7.73. The molecule has 0 aliphatic carbocycles. The van der Waals surface area contributed by atoms with Gasteiger partial charge < -0.3 is 4.90 Å². The molecular weight excluding hydrogens is 336 g/mol. The minimum atomic E-state index is -3.96. The van der Waals surface area contributed by atoms with Crippen LogP contribution >= 0.6 is 23.2 Å². The molecule has 118 valence electrons. The first-order chi connectivity index (χ1) is 9.70. The zero-order valence-electron chi connectivity index (χ0n) is 12.1. The lowest BCUT2D eigenvalue weighted by Gasteiger charge is -2.19. The Kier molecular flexibility index (Phi) is 5.15. The third-order valence-electron chi connectivity index (χ3n) is 3.66. The van der Waals surface area contributed by atoms with E-state index < -0.39 is 10.3 Å². The highest BCUT2D eigenvalue weighted by atomic mass is 35.5. The maximum Gasteiger partial charge on any atom is 0.275 e. The highest BCUT2D eigenvalue weighted by Crippen LogP contribution is 2.31. The largest absolute Gasteiger partial charge is 0.305 e. The molecule has 0 aromatic heterocycles. The number of rotatable bonds is 3. The number of benzene rings is 1. The predicted molar refractivity (Wildman–Crippen MR) is 86.2 cm³/mol. The van der Waals surface area contributed by atoms with E-state index in [0.29, 0.717) is 28.7 Å². The lowest BCUT2D eigenvalue weighted by atomic mass is 10.2. The predicted octanol–water partition coefficient (Wildman–Crippen LogP) is 3.84. The van der Waals surface area contributed by atoms with Gasteiger partial charge in [-0.25, -0.2) is 0 Å². The summed E-state index contributed by atoms with van der Waals surface area (Å²) in [6.07, 6.45) is 0.763. The van der Waals surface area contributed by atoms with Gasteiger partial charge in [-0.05, 0) is 45.1 Å². The van der Waals surface area contributed by atoms with Crippen molar-refractivity contribution in [3.05, 3.63) is 27.7 Å². The van der Waals surface area contributed by atoms with Crippen LogP contribution in [0.1, 0.15) is 12.0 Å². The minimum absolute atomic E-state index is 0.182. The maximum absolute atomic E-state index is 14.5. The summed E-state index contributed by atoms with van der Waals surface area (Å²) in [7, 11) is -0.118. The molecule has 0 amide bonds. The third-order valence-corrected chi connectivity index (χ3v) is 5.85. The van der Waals surface area contributed by atoms with Crippen molar-refractivity contribution >= 4 is 39.2 Å². The van der Waals surface area contributed by atoms with Crippen LogP contribution in [0.25, 0.3) is 0 Å². The molecule has 1 aromatic rings. The smallest absolute Gasteiger partial charge is 0.275 e. The van der Waals surface area contributed by atoms with Crippen molar-refractivity contribution in [2.75, 3.05) is 27.2 Å². The Labute approximate surface area is 135 Å². The van der Waals surface area contributed by atoms with Crippen LogP contribution < -0.4 is 0 Å². The Hall–Kier alpha value is -0.400. The molecule has 1 aliphatic heterocycles. The Balaban J connectivity index is 2.29. The van der Waals surface area contributed by atoms with Crippen LogP contribution in [0.2, 0.25) is 10.0 Å². The molecule has 2 atom stereocenters. The molecule has 8 heteroatoms. The zero-order valence-corrected chi connectivity index (χ0v) is 14.5. The summed E-state index contributed by atoms with van der Waals surface area (Å²) in [5.74, 6) is 0. The second-order valence-electron chi connectivity index (χ2n) is 5.35. The third kappa shape index (κ3) is 3.87. The first-order valence-corrected chi connectivity index (χ1v) is 8.67. The number of hydrogen-bond donors (Lipinski definition) is 0. The lowest BCUT2D eigenvalue weighted by molar-refractivity contribution is 0.302. The summed E-state index contributed by atoms with van der Waals surface area (Å²) in [4.78, 5) is 2.00. The molecule has 4 nitrogen and oxygen atoms in total. The van der Waals surface area contributed by atoms with Crippen LogP contribution in [0.4, 0.5) is 9.57 Å². The van der Waals surface area contributed by atoms with Gasteiger partial charge in [0.1, 0.15) is 0 Å². The molecule has 1 aromatic carbocycles. The topological polar surface area (TPSA) is 35.9 Å². The van der Waals surface area contributed by atoms with E-state index in [0.717, 1.165) is 6.42 Å². The van der Waals surface area contributed by atoms with E-state index >= 15 is 0 Å². The summed E-state index contributed by atoms with van der Waals surface area (Å²) in [6, 6.07) is 3.13. The summed E-state index contributed by atoms with van der Waals surface area (Å²) in [5.41, 5.74) is 0.882. The number of halogens is 3. The fraction of sp³-hybridized carbons (Fsp3) is 0.538. The van der Waals surface area contributed by atoms with Crippen LogP contribution in [-0.4, -0.2) is 46.6 Å². The normalized spacial score (nSPS) is 22.5. The molecule has 2 rings (SSSR count). The Morgan fingerprint density at radius 1 is 1.38 bits per heavy atom. The molecule has 0 spiro atoms. The van der Waals surface area contributed by atoms with Crippen molar-refractivity contribution < 1.29 is 8.09 Å². The molecule has 1 heterocycles. The minimum Gasteiger partial charge on any atom is -0.305 e. The van der Waals surface area contributed by atoms with Crippen molar-refractivity contribution in [3.8, 4) is 0 Å². The van der Waals surface area contributed by atoms with Gasteiger partial charge in [-0.3, -0.25) is 0 Å². The number of likely N-dealkylation sites (N-methyl/N-ethyl adjacent to an activating group) is 1. The van der Waals surface area contributed by atoms with Crippen LogP contribution in [0, 0.1) is 6.92 Å². The Bertz CT molecular complexity index is 636. The standard InChI is InChI=1S/C13H18Cl2FN3OS/c1-9-12(14)6-10(7-13(9)15)17-21(16,20)19-5-4-11(8-19)18(2)3/h6-7,11H,4-5,8H2,1-3H3/t11-,21?/m1/s1. The van der Waals surface area contributed by atoms with Gasteiger partial charge in [0.15, 0.2) is 0 Å². The van der Waals surface area contributed by atoms with Gasteiger partial charge in [-0.15, -0.1) is 3.89 Å². The van der Waals surface area contributed by atoms with Crippen LogP contribution in [0.5, 0.6) is 0 Å². The molecule has 1 saturated heterocycles. The van der Waals surface area contributed by atoms with Crippen molar-refractivity contribution in [3.63, 3.8) is 0 Å². The summed E-state index contributed by atoms with van der Waals surface area (Å²) in [5, 5.41) is 0.757. The average Bonchev–Trinajstić information content (AvgIpc) is 2.85. The van der Waals surface area contributed by atoms with Gasteiger partial charge in [0, 0.05) is 29.2 Å². The highest BCUT2D eigenvalue weighted by molar-refractivity contribution is 7.86. The highest BCUT2D eigenvalue weighted by Gasteiger charge is 2.31. The molecule has 0 saturated carbocycles. The summed E-state index contributed by atoms with van der Waals surface area (Å²) < 4.78 is 31.7. The van der Waals surface area contributed by atoms with E-state index in [2.05, 4.69) is 4.36 Å². The van der Waals surface area contributed by atoms with E-state index in [1.165, 1.54) is 16.4 Å². The molecule has 1 aliphatic rings. The van der Waals surface area contributed by atoms with E-state index in [-0.39, 0.29) is 11.7 Å². The Morgan fingerprint density at radius 2 is 1.95 bits per heavy atom. The van der Waals surface area contributed by atoms with Crippen LogP contribution in [0.15, 0.2) is 16.5 Å². The zero-order chi connectivity index (χ0) is 15.8. The monoisotopic (exact) mass is 353 g/mol. The van der Waals surface area contributed by atoms with E-state index in [9.17, 15) is 8.09 Å². The molecule has 1 unspecified atom stereocenters. The summed E-state index contributed by atoms with van der Waals surface area (Å²) >= 11 is 12.0. The van der Waals surface area contributed by atoms with Gasteiger partial charge in [0.05, 0.1) is 5.69 Å². The average molecular weight is 354 g/mol. The molecule has 0 N–H and O–H groups in total. The van der Waals surface area contributed by atoms with E-state index in [4.69, 9.17) is 23.2 Å². The molecule has 0 bridgehead atoms.